The molecule has 0 aliphatic carbocycles. The van der Waals surface area contributed by atoms with E-state index in [0.29, 0.717) is 0 Å². The van der Waals surface area contributed by atoms with Crippen molar-refractivity contribution in [2.75, 3.05) is 0 Å². The summed E-state index contributed by atoms with van der Waals surface area (Å²) in [6.07, 6.45) is -3.09. The zero-order valence-electron chi connectivity index (χ0n) is 8.45. The van der Waals surface area contributed by atoms with Gasteiger partial charge in [-0.2, -0.15) is 18.4 Å². The number of nitriles is 1. The van der Waals surface area contributed by atoms with Gasteiger partial charge in [-0.15, -0.1) is 0 Å². The van der Waals surface area contributed by atoms with Crippen LogP contribution in [0.5, 0.6) is 0 Å². The first-order valence-corrected chi connectivity index (χ1v) is 4.67. The Labute approximate surface area is 94.9 Å². The van der Waals surface area contributed by atoms with Crippen LogP contribution in [-0.4, -0.2) is 0 Å². The molecule has 0 bridgehead atoms. The maximum atomic E-state index is 12.5. The van der Waals surface area contributed by atoms with Crippen LogP contribution in [0.15, 0.2) is 41.0 Å². The molecular weight excluding hydrogens is 231 g/mol. The van der Waals surface area contributed by atoms with E-state index in [1.54, 1.807) is 6.07 Å². The molecule has 0 saturated heterocycles. The summed E-state index contributed by atoms with van der Waals surface area (Å²) in [4.78, 5) is 0. The van der Waals surface area contributed by atoms with Crippen LogP contribution in [0.1, 0.15) is 11.1 Å². The molecule has 0 atom stereocenters. The van der Waals surface area contributed by atoms with Gasteiger partial charge < -0.3 is 4.42 Å². The Morgan fingerprint density at radius 1 is 1.18 bits per heavy atom. The monoisotopic (exact) mass is 237 g/mol. The van der Waals surface area contributed by atoms with Gasteiger partial charge in [0.2, 0.25) is 0 Å². The van der Waals surface area contributed by atoms with Crippen LogP contribution in [0.2, 0.25) is 0 Å². The molecule has 2 rings (SSSR count). The number of nitrogens with zero attached hydrogens (tertiary/aromatic N) is 1. The molecule has 0 aliphatic rings. The molecule has 1 aromatic carbocycles. The zero-order valence-corrected chi connectivity index (χ0v) is 8.45. The highest BCUT2D eigenvalue weighted by Gasteiger charge is 2.31. The van der Waals surface area contributed by atoms with Crippen molar-refractivity contribution in [3.63, 3.8) is 0 Å². The molecule has 0 N–H and O–H groups in total. The first-order valence-electron chi connectivity index (χ1n) is 4.67. The molecule has 2 nitrogen and oxygen atoms in total. The van der Waals surface area contributed by atoms with Crippen molar-refractivity contribution in [1.82, 2.24) is 0 Å². The average molecular weight is 237 g/mol. The van der Waals surface area contributed by atoms with Gasteiger partial charge >= 0.3 is 6.18 Å². The van der Waals surface area contributed by atoms with Crippen LogP contribution in [-0.2, 0) is 6.18 Å². The van der Waals surface area contributed by atoms with E-state index in [1.807, 2.05) is 6.07 Å². The quantitative estimate of drug-likeness (QED) is 0.755. The summed E-state index contributed by atoms with van der Waals surface area (Å²) in [5.74, 6) is 0.243. The molecule has 17 heavy (non-hydrogen) atoms. The largest absolute Gasteiger partial charge is 0.464 e. The Hall–Kier alpha value is -2.22. The number of alkyl halides is 3. The molecule has 0 amide bonds. The number of rotatable bonds is 1. The van der Waals surface area contributed by atoms with Crippen molar-refractivity contribution in [3.8, 4) is 17.4 Å². The van der Waals surface area contributed by atoms with Crippen molar-refractivity contribution in [2.45, 2.75) is 6.18 Å². The normalized spacial score (nSPS) is 11.2. The zero-order chi connectivity index (χ0) is 12.5. The first kappa shape index (κ1) is 11.3. The lowest BCUT2D eigenvalue weighted by Crippen LogP contribution is -2.05. The third kappa shape index (κ3) is 2.16. The Bertz CT molecular complexity index is 564. The molecule has 0 spiro atoms. The van der Waals surface area contributed by atoms with E-state index >= 15 is 0 Å². The van der Waals surface area contributed by atoms with Gasteiger partial charge in [0.05, 0.1) is 23.5 Å². The number of hydrogen-bond donors (Lipinski definition) is 0. The second-order valence-electron chi connectivity index (χ2n) is 3.35. The summed E-state index contributed by atoms with van der Waals surface area (Å²) in [5.41, 5.74) is -0.511. The van der Waals surface area contributed by atoms with Crippen LogP contribution in [0, 0.1) is 11.3 Å². The predicted molar refractivity (Wildman–Crippen MR) is 53.9 cm³/mol. The van der Waals surface area contributed by atoms with E-state index in [4.69, 9.17) is 9.68 Å². The van der Waals surface area contributed by atoms with Gasteiger partial charge in [-0.05, 0) is 30.3 Å². The molecule has 5 heteroatoms. The van der Waals surface area contributed by atoms with Gasteiger partial charge in [0.1, 0.15) is 5.76 Å². The van der Waals surface area contributed by atoms with Gasteiger partial charge in [0.15, 0.2) is 0 Å². The van der Waals surface area contributed by atoms with E-state index in [0.717, 1.165) is 18.2 Å². The van der Waals surface area contributed by atoms with Gasteiger partial charge in [-0.3, -0.25) is 0 Å². The van der Waals surface area contributed by atoms with E-state index in [2.05, 4.69) is 0 Å². The molecule has 0 saturated carbocycles. The Morgan fingerprint density at radius 3 is 2.47 bits per heavy atom. The fraction of sp³-hybridized carbons (Fsp3) is 0.0833. The van der Waals surface area contributed by atoms with E-state index in [1.165, 1.54) is 12.3 Å². The minimum Gasteiger partial charge on any atom is -0.464 e. The van der Waals surface area contributed by atoms with E-state index in [9.17, 15) is 13.2 Å². The lowest BCUT2D eigenvalue weighted by molar-refractivity contribution is -0.137. The van der Waals surface area contributed by atoms with Crippen molar-refractivity contribution in [2.24, 2.45) is 0 Å². The summed E-state index contributed by atoms with van der Waals surface area (Å²) in [6, 6.07) is 7.83. The van der Waals surface area contributed by atoms with Gasteiger partial charge in [0, 0.05) is 5.56 Å². The van der Waals surface area contributed by atoms with Crippen LogP contribution in [0.3, 0.4) is 0 Å². The third-order valence-corrected chi connectivity index (χ3v) is 2.25. The topological polar surface area (TPSA) is 36.9 Å². The lowest BCUT2D eigenvalue weighted by Gasteiger charge is -2.08. The Balaban J connectivity index is 2.61. The Morgan fingerprint density at radius 2 is 1.94 bits per heavy atom. The van der Waals surface area contributed by atoms with Gasteiger partial charge in [0.25, 0.3) is 0 Å². The van der Waals surface area contributed by atoms with Crippen molar-refractivity contribution < 1.29 is 17.6 Å². The van der Waals surface area contributed by atoms with Crippen molar-refractivity contribution in [1.29, 1.82) is 5.26 Å². The molecule has 86 valence electrons. The molecule has 0 radical (unpaired) electrons. The summed E-state index contributed by atoms with van der Waals surface area (Å²) >= 11 is 0. The second kappa shape index (κ2) is 3.98. The number of hydrogen-bond acceptors (Lipinski definition) is 2. The third-order valence-electron chi connectivity index (χ3n) is 2.25. The first-order chi connectivity index (χ1) is 8.02. The highest BCUT2D eigenvalue weighted by Crippen LogP contribution is 2.33. The van der Waals surface area contributed by atoms with Gasteiger partial charge in [-0.1, -0.05) is 0 Å². The molecular formula is C12H6F3NO. The smallest absolute Gasteiger partial charge is 0.416 e. The minimum atomic E-state index is -4.44. The molecule has 1 heterocycles. The highest BCUT2D eigenvalue weighted by molar-refractivity contribution is 5.67. The summed E-state index contributed by atoms with van der Waals surface area (Å²) in [7, 11) is 0. The molecule has 2 aromatic rings. The van der Waals surface area contributed by atoms with Crippen LogP contribution >= 0.6 is 0 Å². The van der Waals surface area contributed by atoms with E-state index < -0.39 is 11.7 Å². The van der Waals surface area contributed by atoms with Crippen molar-refractivity contribution >= 4 is 0 Å². The van der Waals surface area contributed by atoms with Crippen LogP contribution < -0.4 is 0 Å². The number of benzene rings is 1. The lowest BCUT2D eigenvalue weighted by atomic mass is 10.0. The minimum absolute atomic E-state index is 0.146. The number of halogens is 3. The standard InChI is InChI=1S/C12H6F3NO/c13-12(14,15)9-4-3-8(7-16)10(6-9)11-2-1-5-17-11/h1-6H. The molecule has 0 aliphatic heterocycles. The van der Waals surface area contributed by atoms with Crippen LogP contribution in [0.4, 0.5) is 13.2 Å². The fourth-order valence-electron chi connectivity index (χ4n) is 1.45. The Kier molecular flexibility index (Phi) is 2.64. The van der Waals surface area contributed by atoms with E-state index in [-0.39, 0.29) is 16.9 Å². The number of furan rings is 1. The maximum absolute atomic E-state index is 12.5. The highest BCUT2D eigenvalue weighted by atomic mass is 19.4. The van der Waals surface area contributed by atoms with Crippen LogP contribution in [0.25, 0.3) is 11.3 Å². The molecule has 1 aromatic heterocycles. The maximum Gasteiger partial charge on any atom is 0.416 e. The SMILES string of the molecule is N#Cc1ccc(C(F)(F)F)cc1-c1ccco1. The predicted octanol–water partition coefficient (Wildman–Crippen LogP) is 3.84. The summed E-state index contributed by atoms with van der Waals surface area (Å²) in [5, 5.41) is 8.84. The average Bonchev–Trinajstić information content (AvgIpc) is 2.80. The summed E-state index contributed by atoms with van der Waals surface area (Å²) < 4.78 is 42.6. The van der Waals surface area contributed by atoms with Crippen molar-refractivity contribution in [3.05, 3.63) is 47.7 Å². The van der Waals surface area contributed by atoms with Gasteiger partial charge in [-0.25, -0.2) is 0 Å². The second-order valence-corrected chi connectivity index (χ2v) is 3.35. The molecule has 0 unspecified atom stereocenters. The molecule has 0 fully saturated rings. The summed E-state index contributed by atoms with van der Waals surface area (Å²) in [6.45, 7) is 0. The fourth-order valence-corrected chi connectivity index (χ4v) is 1.45.